The zero-order valence-electron chi connectivity index (χ0n) is 18.2. The Morgan fingerprint density at radius 1 is 0.970 bits per heavy atom. The van der Waals surface area contributed by atoms with Crippen molar-refractivity contribution in [2.75, 3.05) is 38.2 Å². The number of carbonyl (C=O) groups is 1. The van der Waals surface area contributed by atoms with E-state index in [2.05, 4.69) is 20.2 Å². The van der Waals surface area contributed by atoms with Crippen molar-refractivity contribution in [3.05, 3.63) is 71.3 Å². The number of methoxy groups -OCH3 is 1. The van der Waals surface area contributed by atoms with E-state index in [4.69, 9.17) is 4.74 Å². The molecule has 1 aliphatic heterocycles. The van der Waals surface area contributed by atoms with E-state index in [1.807, 2.05) is 54.6 Å². The van der Waals surface area contributed by atoms with Gasteiger partial charge < -0.3 is 14.5 Å². The number of piperazine rings is 1. The van der Waals surface area contributed by atoms with Gasteiger partial charge in [-0.15, -0.1) is 5.10 Å². The minimum Gasteiger partial charge on any atom is -0.497 e. The molecule has 10 heteroatoms. The molecule has 0 N–H and O–H groups in total. The molecule has 0 radical (unpaired) electrons. The second kappa shape index (κ2) is 8.73. The van der Waals surface area contributed by atoms with Crippen LogP contribution in [-0.2, 0) is 11.3 Å². The van der Waals surface area contributed by atoms with Crippen LogP contribution in [0.25, 0.3) is 16.9 Å². The van der Waals surface area contributed by atoms with Crippen LogP contribution in [0.1, 0.15) is 0 Å². The first-order chi connectivity index (χ1) is 16.1. The van der Waals surface area contributed by atoms with E-state index in [1.165, 1.54) is 15.6 Å². The number of aromatic nitrogens is 5. The van der Waals surface area contributed by atoms with Crippen molar-refractivity contribution in [2.45, 2.75) is 6.54 Å². The summed E-state index contributed by atoms with van der Waals surface area (Å²) in [5, 5.41) is 8.07. The van der Waals surface area contributed by atoms with Crippen molar-refractivity contribution < 1.29 is 9.53 Å². The molecule has 0 saturated carbocycles. The zero-order valence-corrected chi connectivity index (χ0v) is 18.2. The Labute approximate surface area is 189 Å². The first-order valence-electron chi connectivity index (χ1n) is 10.7. The van der Waals surface area contributed by atoms with Crippen LogP contribution in [0.3, 0.4) is 0 Å². The lowest BCUT2D eigenvalue weighted by molar-refractivity contribution is -0.132. The molecule has 1 fully saturated rings. The molecule has 0 unspecified atom stereocenters. The van der Waals surface area contributed by atoms with E-state index < -0.39 is 0 Å². The molecule has 4 aromatic rings. The number of para-hydroxylation sites is 1. The van der Waals surface area contributed by atoms with E-state index in [0.717, 1.165) is 30.2 Å². The molecule has 1 saturated heterocycles. The van der Waals surface area contributed by atoms with Crippen molar-refractivity contribution in [2.24, 2.45) is 0 Å². The van der Waals surface area contributed by atoms with Gasteiger partial charge in [0, 0.05) is 31.9 Å². The van der Waals surface area contributed by atoms with Gasteiger partial charge in [0.15, 0.2) is 11.2 Å². The predicted molar refractivity (Wildman–Crippen MR) is 123 cm³/mol. The Bertz CT molecular complexity index is 1320. The molecule has 5 rings (SSSR count). The standard InChI is InChI=1S/C23H23N7O3/c1-33-19-9-7-17(8-10-19)27-11-13-28(14-12-27)20(31)15-29-16-24-22-21(23(29)32)25-26-30(22)18-5-3-2-4-6-18/h2-10,16H,11-15H2,1H3. The van der Waals surface area contributed by atoms with Crippen molar-refractivity contribution in [3.8, 4) is 11.4 Å². The molecule has 2 aromatic heterocycles. The third kappa shape index (κ3) is 4.02. The van der Waals surface area contributed by atoms with E-state index in [1.54, 1.807) is 12.0 Å². The van der Waals surface area contributed by atoms with Crippen molar-refractivity contribution in [1.29, 1.82) is 0 Å². The van der Waals surface area contributed by atoms with Gasteiger partial charge in [0.2, 0.25) is 5.91 Å². The smallest absolute Gasteiger partial charge is 0.284 e. The van der Waals surface area contributed by atoms with Crippen LogP contribution in [0.4, 0.5) is 5.69 Å². The second-order valence-corrected chi connectivity index (χ2v) is 7.75. The van der Waals surface area contributed by atoms with Crippen molar-refractivity contribution in [3.63, 3.8) is 0 Å². The Morgan fingerprint density at radius 2 is 1.70 bits per heavy atom. The lowest BCUT2D eigenvalue weighted by Gasteiger charge is -2.36. The number of carbonyl (C=O) groups excluding carboxylic acids is 1. The topological polar surface area (TPSA) is 98.4 Å². The molecule has 10 nitrogen and oxygen atoms in total. The highest BCUT2D eigenvalue weighted by atomic mass is 16.5. The van der Waals surface area contributed by atoms with Gasteiger partial charge in [-0.25, -0.2) is 4.98 Å². The summed E-state index contributed by atoms with van der Waals surface area (Å²) in [5.41, 5.74) is 1.97. The quantitative estimate of drug-likeness (QED) is 0.457. The Kier molecular flexibility index (Phi) is 5.47. The SMILES string of the molecule is COc1ccc(N2CCN(C(=O)Cn3cnc4c(nnn4-c4ccccc4)c3=O)CC2)cc1. The molecule has 168 valence electrons. The Hall–Kier alpha value is -4.21. The van der Waals surface area contributed by atoms with Gasteiger partial charge in [-0.3, -0.25) is 14.2 Å². The largest absolute Gasteiger partial charge is 0.497 e. The highest BCUT2D eigenvalue weighted by Gasteiger charge is 2.23. The van der Waals surface area contributed by atoms with E-state index in [0.29, 0.717) is 18.7 Å². The molecule has 2 aromatic carbocycles. The summed E-state index contributed by atoms with van der Waals surface area (Å²) < 4.78 is 8.02. The summed E-state index contributed by atoms with van der Waals surface area (Å²) in [6.07, 6.45) is 1.39. The van der Waals surface area contributed by atoms with Gasteiger partial charge in [0.1, 0.15) is 18.6 Å². The number of hydrogen-bond acceptors (Lipinski definition) is 7. The fourth-order valence-electron chi connectivity index (χ4n) is 3.95. The normalized spacial score (nSPS) is 14.0. The number of benzene rings is 2. The summed E-state index contributed by atoms with van der Waals surface area (Å²) in [5.74, 6) is 0.690. The maximum atomic E-state index is 12.9. The van der Waals surface area contributed by atoms with Crippen LogP contribution < -0.4 is 15.2 Å². The summed E-state index contributed by atoms with van der Waals surface area (Å²) in [4.78, 5) is 34.1. The third-order valence-corrected chi connectivity index (χ3v) is 5.81. The molecule has 1 amide bonds. The number of hydrogen-bond donors (Lipinski definition) is 0. The van der Waals surface area contributed by atoms with Crippen LogP contribution in [0, 0.1) is 0 Å². The van der Waals surface area contributed by atoms with E-state index in [-0.39, 0.29) is 23.5 Å². The van der Waals surface area contributed by atoms with Crippen LogP contribution in [-0.4, -0.2) is 68.6 Å². The maximum Gasteiger partial charge on any atom is 0.284 e. The molecule has 33 heavy (non-hydrogen) atoms. The van der Waals surface area contributed by atoms with Crippen molar-refractivity contribution in [1.82, 2.24) is 29.4 Å². The molecule has 1 aliphatic rings. The first kappa shape index (κ1) is 20.7. The molecular weight excluding hydrogens is 422 g/mol. The highest BCUT2D eigenvalue weighted by molar-refractivity contribution is 5.77. The second-order valence-electron chi connectivity index (χ2n) is 7.75. The third-order valence-electron chi connectivity index (χ3n) is 5.81. The average molecular weight is 445 g/mol. The van der Waals surface area contributed by atoms with Gasteiger partial charge in [-0.1, -0.05) is 23.4 Å². The van der Waals surface area contributed by atoms with Gasteiger partial charge in [-0.2, -0.15) is 4.68 Å². The summed E-state index contributed by atoms with van der Waals surface area (Å²) in [6, 6.07) is 17.2. The maximum absolute atomic E-state index is 12.9. The molecule has 0 aliphatic carbocycles. The molecule has 0 spiro atoms. The van der Waals surface area contributed by atoms with E-state index in [9.17, 15) is 9.59 Å². The minimum atomic E-state index is -0.382. The number of fused-ring (bicyclic) bond motifs is 1. The number of rotatable bonds is 5. The van der Waals surface area contributed by atoms with Gasteiger partial charge in [-0.05, 0) is 36.4 Å². The number of nitrogens with zero attached hydrogens (tertiary/aromatic N) is 7. The predicted octanol–water partition coefficient (Wildman–Crippen LogP) is 1.33. The first-order valence-corrected chi connectivity index (χ1v) is 10.7. The molecule has 3 heterocycles. The average Bonchev–Trinajstić information content (AvgIpc) is 3.31. The summed E-state index contributed by atoms with van der Waals surface area (Å²) >= 11 is 0. The Balaban J connectivity index is 1.27. The Morgan fingerprint density at radius 3 is 2.39 bits per heavy atom. The van der Waals surface area contributed by atoms with Gasteiger partial charge in [0.05, 0.1) is 12.8 Å². The number of amides is 1. The lowest BCUT2D eigenvalue weighted by Crippen LogP contribution is -2.50. The number of ether oxygens (including phenoxy) is 1. The lowest BCUT2D eigenvalue weighted by atomic mass is 10.2. The fourth-order valence-corrected chi connectivity index (χ4v) is 3.95. The molecule has 0 atom stereocenters. The molecule has 0 bridgehead atoms. The van der Waals surface area contributed by atoms with Crippen LogP contribution in [0.2, 0.25) is 0 Å². The number of anilines is 1. The molecular formula is C23H23N7O3. The minimum absolute atomic E-state index is 0.0808. The summed E-state index contributed by atoms with van der Waals surface area (Å²) in [7, 11) is 1.64. The van der Waals surface area contributed by atoms with Crippen molar-refractivity contribution >= 4 is 22.8 Å². The van der Waals surface area contributed by atoms with E-state index >= 15 is 0 Å². The summed E-state index contributed by atoms with van der Waals surface area (Å²) in [6.45, 7) is 2.52. The van der Waals surface area contributed by atoms with Crippen LogP contribution >= 0.6 is 0 Å². The van der Waals surface area contributed by atoms with Crippen LogP contribution in [0.15, 0.2) is 65.7 Å². The zero-order chi connectivity index (χ0) is 22.8. The van der Waals surface area contributed by atoms with Gasteiger partial charge in [0.25, 0.3) is 5.56 Å². The highest BCUT2D eigenvalue weighted by Crippen LogP contribution is 2.20. The van der Waals surface area contributed by atoms with Crippen LogP contribution in [0.5, 0.6) is 5.75 Å². The monoisotopic (exact) mass is 445 g/mol. The fraction of sp³-hybridized carbons (Fsp3) is 0.261. The van der Waals surface area contributed by atoms with Gasteiger partial charge >= 0.3 is 0 Å².